The molecule has 0 aromatic heterocycles. The van der Waals surface area contributed by atoms with Crippen molar-refractivity contribution < 1.29 is 14.3 Å². The summed E-state index contributed by atoms with van der Waals surface area (Å²) >= 11 is 0. The zero-order valence-corrected chi connectivity index (χ0v) is 11.6. The van der Waals surface area contributed by atoms with E-state index in [2.05, 4.69) is 5.32 Å². The number of aromatic hydroxyl groups is 1. The van der Waals surface area contributed by atoms with Gasteiger partial charge >= 0.3 is 0 Å². The summed E-state index contributed by atoms with van der Waals surface area (Å²) < 4.78 is 13.6. The Kier molecular flexibility index (Phi) is 4.55. The summed E-state index contributed by atoms with van der Waals surface area (Å²) in [6, 6.07) is 10.1. The Morgan fingerprint density at radius 3 is 2.62 bits per heavy atom. The van der Waals surface area contributed by atoms with Gasteiger partial charge in [-0.1, -0.05) is 18.2 Å². The van der Waals surface area contributed by atoms with E-state index in [0.717, 1.165) is 11.1 Å². The van der Waals surface area contributed by atoms with E-state index in [4.69, 9.17) is 5.73 Å². The number of phenolic OH excluding ortho intramolecular Hbond substituents is 1. The van der Waals surface area contributed by atoms with Crippen LogP contribution in [0.5, 0.6) is 5.75 Å². The van der Waals surface area contributed by atoms with Crippen molar-refractivity contribution in [3.8, 4) is 5.75 Å². The van der Waals surface area contributed by atoms with E-state index in [1.165, 1.54) is 18.2 Å². The lowest BCUT2D eigenvalue weighted by molar-refractivity contribution is -0.117. The molecule has 21 heavy (non-hydrogen) atoms. The van der Waals surface area contributed by atoms with Gasteiger partial charge < -0.3 is 16.2 Å². The Balaban J connectivity index is 2.02. The highest BCUT2D eigenvalue weighted by molar-refractivity contribution is 5.95. The van der Waals surface area contributed by atoms with Crippen molar-refractivity contribution in [1.29, 1.82) is 0 Å². The number of aryl methyl sites for hydroxylation is 1. The molecule has 5 heteroatoms. The number of amides is 1. The van der Waals surface area contributed by atoms with Gasteiger partial charge in [-0.25, -0.2) is 4.39 Å². The summed E-state index contributed by atoms with van der Waals surface area (Å²) in [7, 11) is 0. The topological polar surface area (TPSA) is 75.4 Å². The first-order chi connectivity index (χ1) is 9.95. The lowest BCUT2D eigenvalue weighted by Gasteiger charge is -2.13. The molecule has 2 aromatic rings. The summed E-state index contributed by atoms with van der Waals surface area (Å²) in [5.41, 5.74) is 7.62. The van der Waals surface area contributed by atoms with E-state index >= 15 is 0 Å². The summed E-state index contributed by atoms with van der Waals surface area (Å²) in [6.45, 7) is 1.81. The molecule has 0 heterocycles. The van der Waals surface area contributed by atoms with E-state index in [1.54, 1.807) is 24.3 Å². The highest BCUT2D eigenvalue weighted by Crippen LogP contribution is 2.16. The molecule has 0 fully saturated rings. The standard InChI is InChI=1S/C16H17FN2O2/c1-10-2-7-13(17)15(8-10)19-16(21)14(18)9-11-3-5-12(20)6-4-11/h2-8,14,20H,9,18H2,1H3,(H,19,21)/t14-/m1/s1. The third-order valence-corrected chi connectivity index (χ3v) is 3.11. The van der Waals surface area contributed by atoms with E-state index in [1.807, 2.05) is 6.92 Å². The number of rotatable bonds is 4. The Morgan fingerprint density at radius 1 is 1.29 bits per heavy atom. The van der Waals surface area contributed by atoms with Gasteiger partial charge in [0.2, 0.25) is 5.91 Å². The molecule has 0 aliphatic heterocycles. The minimum atomic E-state index is -0.797. The fourth-order valence-electron chi connectivity index (χ4n) is 1.94. The van der Waals surface area contributed by atoms with Crippen LogP contribution in [0.15, 0.2) is 42.5 Å². The normalized spacial score (nSPS) is 12.0. The number of benzene rings is 2. The summed E-state index contributed by atoms with van der Waals surface area (Å²) in [6.07, 6.45) is 0.305. The van der Waals surface area contributed by atoms with Crippen LogP contribution in [0.25, 0.3) is 0 Å². The predicted octanol–water partition coefficient (Wildman–Crippen LogP) is 2.35. The molecule has 2 rings (SSSR count). The number of hydrogen-bond acceptors (Lipinski definition) is 3. The molecule has 1 atom stereocenters. The van der Waals surface area contributed by atoms with Crippen LogP contribution in [0.4, 0.5) is 10.1 Å². The number of phenols is 1. The number of carbonyl (C=O) groups excluding carboxylic acids is 1. The summed E-state index contributed by atoms with van der Waals surface area (Å²) in [5.74, 6) is -0.794. The fraction of sp³-hybridized carbons (Fsp3) is 0.188. The van der Waals surface area contributed by atoms with Crippen LogP contribution in [0.1, 0.15) is 11.1 Å². The van der Waals surface area contributed by atoms with Crippen molar-refractivity contribution in [2.45, 2.75) is 19.4 Å². The highest BCUT2D eigenvalue weighted by atomic mass is 19.1. The van der Waals surface area contributed by atoms with Crippen molar-refractivity contribution >= 4 is 11.6 Å². The number of nitrogens with one attached hydrogen (secondary N) is 1. The third-order valence-electron chi connectivity index (χ3n) is 3.11. The van der Waals surface area contributed by atoms with Crippen LogP contribution in [0, 0.1) is 12.7 Å². The molecule has 110 valence electrons. The van der Waals surface area contributed by atoms with Gasteiger partial charge in [0.25, 0.3) is 0 Å². The zero-order chi connectivity index (χ0) is 15.4. The maximum Gasteiger partial charge on any atom is 0.241 e. The average Bonchev–Trinajstić information content (AvgIpc) is 2.45. The van der Waals surface area contributed by atoms with Gasteiger partial charge in [-0.15, -0.1) is 0 Å². The predicted molar refractivity (Wildman–Crippen MR) is 79.6 cm³/mol. The summed E-state index contributed by atoms with van der Waals surface area (Å²) in [4.78, 5) is 12.0. The molecule has 4 N–H and O–H groups in total. The Hall–Kier alpha value is -2.40. The monoisotopic (exact) mass is 288 g/mol. The number of halogens is 1. The molecule has 0 saturated carbocycles. The molecular formula is C16H17FN2O2. The second-order valence-corrected chi connectivity index (χ2v) is 4.95. The van der Waals surface area contributed by atoms with Crippen LogP contribution in [-0.2, 0) is 11.2 Å². The Morgan fingerprint density at radius 2 is 1.95 bits per heavy atom. The van der Waals surface area contributed by atoms with Crippen molar-refractivity contribution in [1.82, 2.24) is 0 Å². The van der Waals surface area contributed by atoms with E-state index < -0.39 is 17.8 Å². The summed E-state index contributed by atoms with van der Waals surface area (Å²) in [5, 5.41) is 11.7. The first kappa shape index (κ1) is 15.0. The lowest BCUT2D eigenvalue weighted by Crippen LogP contribution is -2.37. The fourth-order valence-corrected chi connectivity index (χ4v) is 1.94. The molecule has 0 radical (unpaired) electrons. The van der Waals surface area contributed by atoms with Crippen molar-refractivity contribution in [3.63, 3.8) is 0 Å². The first-order valence-electron chi connectivity index (χ1n) is 6.56. The molecule has 0 spiro atoms. The van der Waals surface area contributed by atoms with Crippen LogP contribution in [0.3, 0.4) is 0 Å². The van der Waals surface area contributed by atoms with Gasteiger partial charge in [-0.2, -0.15) is 0 Å². The van der Waals surface area contributed by atoms with Crippen molar-refractivity contribution in [3.05, 3.63) is 59.4 Å². The van der Waals surface area contributed by atoms with Crippen LogP contribution >= 0.6 is 0 Å². The molecule has 2 aromatic carbocycles. The van der Waals surface area contributed by atoms with Crippen molar-refractivity contribution in [2.24, 2.45) is 5.73 Å². The second kappa shape index (κ2) is 6.37. The van der Waals surface area contributed by atoms with Gasteiger partial charge in [0.05, 0.1) is 11.7 Å². The molecule has 0 aliphatic carbocycles. The smallest absolute Gasteiger partial charge is 0.241 e. The lowest BCUT2D eigenvalue weighted by atomic mass is 10.1. The Labute approximate surface area is 122 Å². The largest absolute Gasteiger partial charge is 0.508 e. The number of nitrogens with two attached hydrogens (primary N) is 1. The quantitative estimate of drug-likeness (QED) is 0.808. The molecule has 0 bridgehead atoms. The number of hydrogen-bond donors (Lipinski definition) is 3. The molecule has 1 amide bonds. The third kappa shape index (κ3) is 4.03. The van der Waals surface area contributed by atoms with E-state index in [9.17, 15) is 14.3 Å². The van der Waals surface area contributed by atoms with Gasteiger partial charge in [0.15, 0.2) is 0 Å². The van der Waals surface area contributed by atoms with Gasteiger partial charge in [-0.3, -0.25) is 4.79 Å². The van der Waals surface area contributed by atoms with E-state index in [0.29, 0.717) is 6.42 Å². The number of carbonyl (C=O) groups is 1. The first-order valence-corrected chi connectivity index (χ1v) is 6.56. The number of anilines is 1. The minimum absolute atomic E-state index is 0.126. The zero-order valence-electron chi connectivity index (χ0n) is 11.6. The van der Waals surface area contributed by atoms with Crippen molar-refractivity contribution in [2.75, 3.05) is 5.32 Å². The SMILES string of the molecule is Cc1ccc(F)c(NC(=O)[C@H](N)Cc2ccc(O)cc2)c1. The molecule has 0 saturated heterocycles. The molecule has 0 aliphatic rings. The molecule has 4 nitrogen and oxygen atoms in total. The van der Waals surface area contributed by atoms with Crippen LogP contribution < -0.4 is 11.1 Å². The highest BCUT2D eigenvalue weighted by Gasteiger charge is 2.16. The molecular weight excluding hydrogens is 271 g/mol. The van der Waals surface area contributed by atoms with Gasteiger partial charge in [-0.05, 0) is 48.7 Å². The average molecular weight is 288 g/mol. The Bertz CT molecular complexity index is 641. The van der Waals surface area contributed by atoms with Gasteiger partial charge in [0.1, 0.15) is 11.6 Å². The maximum absolute atomic E-state index is 13.6. The van der Waals surface area contributed by atoms with Gasteiger partial charge in [0, 0.05) is 0 Å². The minimum Gasteiger partial charge on any atom is -0.508 e. The van der Waals surface area contributed by atoms with Crippen LogP contribution in [-0.4, -0.2) is 17.1 Å². The molecule has 0 unspecified atom stereocenters. The maximum atomic E-state index is 13.6. The van der Waals surface area contributed by atoms with E-state index in [-0.39, 0.29) is 11.4 Å². The van der Waals surface area contributed by atoms with Crippen LogP contribution in [0.2, 0.25) is 0 Å². The second-order valence-electron chi connectivity index (χ2n) is 4.95.